The van der Waals surface area contributed by atoms with Crippen molar-refractivity contribution in [3.63, 3.8) is 0 Å². The molecule has 0 aliphatic heterocycles. The highest BCUT2D eigenvalue weighted by molar-refractivity contribution is 5.94. The molecular weight excluding hydrogens is 626 g/mol. The van der Waals surface area contributed by atoms with Gasteiger partial charge in [0.05, 0.1) is 0 Å². The maximum Gasteiger partial charge on any atom is 0.408 e. The van der Waals surface area contributed by atoms with Crippen molar-refractivity contribution in [2.75, 3.05) is 0 Å². The maximum absolute atomic E-state index is 14.6. The third-order valence-electron chi connectivity index (χ3n) is 7.20. The number of carbonyl (C=O) groups excluding carboxylic acids is 4. The van der Waals surface area contributed by atoms with Crippen LogP contribution in [0, 0.1) is 0 Å². The molecule has 3 unspecified atom stereocenters. The smallest absolute Gasteiger partial charge is 0.408 e. The van der Waals surface area contributed by atoms with Gasteiger partial charge in [0, 0.05) is 18.9 Å². The molecule has 3 aromatic carbocycles. The fourth-order valence-electron chi connectivity index (χ4n) is 5.14. The number of carbonyl (C=O) groups is 4. The number of aromatic hydroxyl groups is 2. The first-order valence-corrected chi connectivity index (χ1v) is 16.3. The fraction of sp³-hybridized carbons (Fsp3) is 0.421. The Morgan fingerprint density at radius 2 is 1.16 bits per heavy atom. The molecule has 0 saturated heterocycles. The zero-order valence-corrected chi connectivity index (χ0v) is 29.5. The first-order valence-electron chi connectivity index (χ1n) is 16.3. The van der Waals surface area contributed by atoms with Crippen molar-refractivity contribution >= 4 is 23.9 Å². The van der Waals surface area contributed by atoms with Crippen LogP contribution in [0.5, 0.6) is 11.5 Å². The Kier molecular flexibility index (Phi) is 12.8. The van der Waals surface area contributed by atoms with E-state index in [0.717, 1.165) is 5.56 Å². The second-order valence-electron chi connectivity index (χ2n) is 14.2. The third kappa shape index (κ3) is 12.2. The van der Waals surface area contributed by atoms with Crippen LogP contribution >= 0.6 is 0 Å². The lowest BCUT2D eigenvalue weighted by molar-refractivity contribution is -0.159. The van der Waals surface area contributed by atoms with E-state index in [-0.39, 0.29) is 24.3 Å². The highest BCUT2D eigenvalue weighted by Crippen LogP contribution is 2.28. The molecule has 11 nitrogen and oxygen atoms in total. The van der Waals surface area contributed by atoms with Gasteiger partial charge in [0.2, 0.25) is 11.8 Å². The fourth-order valence-corrected chi connectivity index (χ4v) is 5.14. The number of amides is 3. The number of esters is 1. The van der Waals surface area contributed by atoms with E-state index in [1.165, 1.54) is 41.3 Å². The van der Waals surface area contributed by atoms with Gasteiger partial charge in [-0.1, -0.05) is 54.6 Å². The van der Waals surface area contributed by atoms with Gasteiger partial charge < -0.3 is 35.2 Å². The summed E-state index contributed by atoms with van der Waals surface area (Å²) in [6.07, 6.45) is -0.685. The Morgan fingerprint density at radius 1 is 0.673 bits per heavy atom. The van der Waals surface area contributed by atoms with Gasteiger partial charge in [-0.25, -0.2) is 9.59 Å². The van der Waals surface area contributed by atoms with Crippen molar-refractivity contribution in [2.24, 2.45) is 0 Å². The molecule has 0 radical (unpaired) electrons. The van der Waals surface area contributed by atoms with Crippen LogP contribution in [0.3, 0.4) is 0 Å². The molecule has 0 fully saturated rings. The Balaban J connectivity index is 2.08. The minimum Gasteiger partial charge on any atom is -0.508 e. The number of nitrogens with zero attached hydrogens (tertiary/aromatic N) is 1. The molecule has 4 N–H and O–H groups in total. The summed E-state index contributed by atoms with van der Waals surface area (Å²) in [7, 11) is 0. The van der Waals surface area contributed by atoms with Crippen molar-refractivity contribution in [3.8, 4) is 11.5 Å². The monoisotopic (exact) mass is 675 g/mol. The standard InChI is InChI=1S/C38H49N3O8/c1-24(2)41(34(45)30(40-36(47)49-38(6,7)8)22-26-14-18-28(42)19-15-26)32(27-16-20-29(43)21-17-27)33(44)39-31(35(46)48-37(3,4)5)23-25-12-10-9-11-13-25/h9-21,24,30-32,42-43H,22-23H2,1-8H3,(H,39,44)(H,40,47). The number of phenols is 2. The van der Waals surface area contributed by atoms with E-state index in [9.17, 15) is 29.4 Å². The van der Waals surface area contributed by atoms with Crippen LogP contribution < -0.4 is 10.6 Å². The van der Waals surface area contributed by atoms with Crippen molar-refractivity contribution < 1.29 is 38.9 Å². The van der Waals surface area contributed by atoms with Gasteiger partial charge in [-0.05, 0) is 96.3 Å². The van der Waals surface area contributed by atoms with E-state index in [0.29, 0.717) is 11.1 Å². The molecule has 11 heteroatoms. The first-order chi connectivity index (χ1) is 22.8. The normalized spacial score (nSPS) is 13.5. The number of alkyl carbamates (subject to hydrolysis) is 1. The zero-order valence-electron chi connectivity index (χ0n) is 29.5. The lowest BCUT2D eigenvalue weighted by Gasteiger charge is -2.38. The predicted molar refractivity (Wildman–Crippen MR) is 186 cm³/mol. The van der Waals surface area contributed by atoms with E-state index in [1.807, 2.05) is 30.3 Å². The number of hydrogen-bond donors (Lipinski definition) is 4. The predicted octanol–water partition coefficient (Wildman–Crippen LogP) is 5.58. The molecular formula is C38H49N3O8. The van der Waals surface area contributed by atoms with Crippen LogP contribution in [0.25, 0.3) is 0 Å². The maximum atomic E-state index is 14.6. The quantitative estimate of drug-likeness (QED) is 0.182. The number of nitrogens with one attached hydrogen (secondary N) is 2. The highest BCUT2D eigenvalue weighted by Gasteiger charge is 2.39. The average Bonchev–Trinajstić information content (AvgIpc) is 2.99. The Morgan fingerprint density at radius 3 is 1.67 bits per heavy atom. The molecule has 0 spiro atoms. The summed E-state index contributed by atoms with van der Waals surface area (Å²) in [5, 5.41) is 25.4. The number of benzene rings is 3. The molecule has 0 aromatic heterocycles. The summed E-state index contributed by atoms with van der Waals surface area (Å²) < 4.78 is 11.2. The van der Waals surface area contributed by atoms with Crippen molar-refractivity contribution in [1.82, 2.24) is 15.5 Å². The summed E-state index contributed by atoms with van der Waals surface area (Å²) in [6.45, 7) is 13.8. The minimum absolute atomic E-state index is 0.0139. The zero-order chi connectivity index (χ0) is 36.5. The molecule has 3 atom stereocenters. The molecule has 0 saturated carbocycles. The number of hydrogen-bond acceptors (Lipinski definition) is 8. The van der Waals surface area contributed by atoms with Crippen LogP contribution in [0.15, 0.2) is 78.9 Å². The second-order valence-corrected chi connectivity index (χ2v) is 14.2. The summed E-state index contributed by atoms with van der Waals surface area (Å²) >= 11 is 0. The molecule has 3 aromatic rings. The van der Waals surface area contributed by atoms with Crippen LogP contribution in [0.2, 0.25) is 0 Å². The first kappa shape index (κ1) is 38.4. The van der Waals surface area contributed by atoms with Crippen molar-refractivity contribution in [1.29, 1.82) is 0 Å². The van der Waals surface area contributed by atoms with E-state index in [1.54, 1.807) is 67.5 Å². The molecule has 0 bridgehead atoms. The van der Waals surface area contributed by atoms with Crippen molar-refractivity contribution in [2.45, 2.75) is 104 Å². The second kappa shape index (κ2) is 16.4. The molecule has 0 aliphatic carbocycles. The van der Waals surface area contributed by atoms with E-state index in [4.69, 9.17) is 9.47 Å². The lowest BCUT2D eigenvalue weighted by Crippen LogP contribution is -2.57. The Hall–Kier alpha value is -5.06. The van der Waals surface area contributed by atoms with Crippen LogP contribution in [-0.4, -0.2) is 68.3 Å². The van der Waals surface area contributed by atoms with Gasteiger partial charge in [0.1, 0.15) is 40.8 Å². The average molecular weight is 676 g/mol. The summed E-state index contributed by atoms with van der Waals surface area (Å²) in [6, 6.07) is 17.0. The molecule has 264 valence electrons. The Labute approximate surface area is 288 Å². The topological polar surface area (TPSA) is 154 Å². The summed E-state index contributed by atoms with van der Waals surface area (Å²) in [4.78, 5) is 56.9. The van der Waals surface area contributed by atoms with Crippen LogP contribution in [-0.2, 0) is 36.7 Å². The number of phenolic OH excluding ortho intramolecular Hbond substituents is 2. The Bertz CT molecular complexity index is 1560. The highest BCUT2D eigenvalue weighted by atomic mass is 16.6. The largest absolute Gasteiger partial charge is 0.508 e. The van der Waals surface area contributed by atoms with Crippen LogP contribution in [0.4, 0.5) is 4.79 Å². The van der Waals surface area contributed by atoms with E-state index >= 15 is 0 Å². The third-order valence-corrected chi connectivity index (χ3v) is 7.20. The molecule has 0 aliphatic rings. The van der Waals surface area contributed by atoms with Gasteiger partial charge in [-0.15, -0.1) is 0 Å². The molecule has 3 amide bonds. The SMILES string of the molecule is CC(C)N(C(=O)C(Cc1ccc(O)cc1)NC(=O)OC(C)(C)C)C(C(=O)NC(Cc1ccccc1)C(=O)OC(C)(C)C)c1ccc(O)cc1. The van der Waals surface area contributed by atoms with Crippen molar-refractivity contribution in [3.05, 3.63) is 95.6 Å². The summed E-state index contributed by atoms with van der Waals surface area (Å²) in [5.74, 6) is -1.92. The van der Waals surface area contributed by atoms with E-state index < -0.39 is 59.2 Å². The van der Waals surface area contributed by atoms with Crippen LogP contribution in [0.1, 0.15) is 78.1 Å². The van der Waals surface area contributed by atoms with Gasteiger partial charge in [0.15, 0.2) is 0 Å². The van der Waals surface area contributed by atoms with Gasteiger partial charge >= 0.3 is 12.1 Å². The molecule has 0 heterocycles. The van der Waals surface area contributed by atoms with Gasteiger partial charge in [0.25, 0.3) is 0 Å². The van der Waals surface area contributed by atoms with E-state index in [2.05, 4.69) is 10.6 Å². The molecule has 3 rings (SSSR count). The summed E-state index contributed by atoms with van der Waals surface area (Å²) in [5.41, 5.74) is 0.0989. The minimum atomic E-state index is -1.29. The number of rotatable bonds is 12. The van der Waals surface area contributed by atoms with Gasteiger partial charge in [-0.2, -0.15) is 0 Å². The van der Waals surface area contributed by atoms with Gasteiger partial charge in [-0.3, -0.25) is 9.59 Å². The lowest BCUT2D eigenvalue weighted by atomic mass is 9.98. The number of ether oxygens (including phenoxy) is 2. The molecule has 49 heavy (non-hydrogen) atoms.